The van der Waals surface area contributed by atoms with E-state index in [9.17, 15) is 0 Å². The van der Waals surface area contributed by atoms with Gasteiger partial charge in [-0.1, -0.05) is 176 Å². The lowest BCUT2D eigenvalue weighted by atomic mass is 9.91. The molecule has 0 amide bonds. The van der Waals surface area contributed by atoms with Crippen molar-refractivity contribution < 1.29 is 4.42 Å². The van der Waals surface area contributed by atoms with Crippen LogP contribution >= 0.6 is 0 Å². The molecule has 0 spiro atoms. The Kier molecular flexibility index (Phi) is 7.14. The maximum Gasteiger partial charge on any atom is 0.164 e. The molecule has 4 heteroatoms. The van der Waals surface area contributed by atoms with E-state index < -0.39 is 0 Å². The van der Waals surface area contributed by atoms with Crippen LogP contribution in [0.4, 0.5) is 0 Å². The minimum absolute atomic E-state index is 0.595. The zero-order chi connectivity index (χ0) is 36.3. The molecule has 55 heavy (non-hydrogen) atoms. The van der Waals surface area contributed by atoms with Crippen LogP contribution in [0.1, 0.15) is 0 Å². The van der Waals surface area contributed by atoms with E-state index >= 15 is 0 Å². The topological polar surface area (TPSA) is 51.8 Å². The smallest absolute Gasteiger partial charge is 0.164 e. The average molecular weight is 702 g/mol. The third kappa shape index (κ3) is 5.11. The van der Waals surface area contributed by atoms with Gasteiger partial charge < -0.3 is 4.42 Å². The van der Waals surface area contributed by atoms with Crippen molar-refractivity contribution in [1.29, 1.82) is 0 Å². The van der Waals surface area contributed by atoms with Crippen molar-refractivity contribution in [2.75, 3.05) is 0 Å². The molecule has 0 saturated heterocycles. The predicted octanol–water partition coefficient (Wildman–Crippen LogP) is 13.6. The Morgan fingerprint density at radius 3 is 1.60 bits per heavy atom. The van der Waals surface area contributed by atoms with Gasteiger partial charge in [0.25, 0.3) is 0 Å². The van der Waals surface area contributed by atoms with Gasteiger partial charge in [0, 0.05) is 33.0 Å². The SMILES string of the molecule is c1ccc(-c2nc(-c3cc4ccccc4c4ccccc34)nc(-c3cccc4oc5c(-c6ccc(-c7ccccc7)c7ccccc67)cccc5c34)n2)cc1. The van der Waals surface area contributed by atoms with Crippen LogP contribution in [0.25, 0.3) is 111 Å². The molecule has 0 bridgehead atoms. The summed E-state index contributed by atoms with van der Waals surface area (Å²) in [7, 11) is 0. The summed E-state index contributed by atoms with van der Waals surface area (Å²) in [6, 6.07) is 65.6. The van der Waals surface area contributed by atoms with Crippen molar-refractivity contribution in [3.63, 3.8) is 0 Å². The molecule has 256 valence electrons. The highest BCUT2D eigenvalue weighted by molar-refractivity contribution is 6.17. The van der Waals surface area contributed by atoms with Crippen LogP contribution in [0.3, 0.4) is 0 Å². The Bertz CT molecular complexity index is 3260. The zero-order valence-corrected chi connectivity index (χ0v) is 29.6. The molecule has 0 atom stereocenters. The van der Waals surface area contributed by atoms with E-state index in [2.05, 4.69) is 158 Å². The first-order valence-corrected chi connectivity index (χ1v) is 18.5. The third-order valence-electron chi connectivity index (χ3n) is 10.7. The lowest BCUT2D eigenvalue weighted by Crippen LogP contribution is -2.01. The summed E-state index contributed by atoms with van der Waals surface area (Å²) >= 11 is 0. The van der Waals surface area contributed by atoms with Gasteiger partial charge in [-0.15, -0.1) is 0 Å². The molecule has 0 aliphatic rings. The standard InChI is InChI=1S/C51H31N3O/c1-3-15-32(16-4-1)36-29-30-41(39-23-11-9-22-38(36)39)42-25-13-26-43-47-44(27-14-28-46(47)55-48(42)43)50-52-49(33-17-5-2-6-18-33)53-51(54-50)45-31-34-19-7-8-20-35(34)37-21-10-12-24-40(37)45/h1-31H. The number of fused-ring (bicyclic) bond motifs is 7. The molecule has 0 saturated carbocycles. The molecule has 0 N–H and O–H groups in total. The molecule has 0 fully saturated rings. The van der Waals surface area contributed by atoms with E-state index in [1.807, 2.05) is 30.3 Å². The van der Waals surface area contributed by atoms with E-state index in [1.165, 1.54) is 32.7 Å². The second kappa shape index (κ2) is 12.6. The van der Waals surface area contributed by atoms with Crippen LogP contribution < -0.4 is 0 Å². The average Bonchev–Trinajstić information content (AvgIpc) is 3.66. The minimum Gasteiger partial charge on any atom is -0.455 e. The first-order chi connectivity index (χ1) is 27.3. The highest BCUT2D eigenvalue weighted by Gasteiger charge is 2.21. The van der Waals surface area contributed by atoms with Crippen LogP contribution in [0, 0.1) is 0 Å². The fraction of sp³-hybridized carbons (Fsp3) is 0. The van der Waals surface area contributed by atoms with E-state index in [0.717, 1.165) is 60.5 Å². The zero-order valence-electron chi connectivity index (χ0n) is 29.6. The Hall–Kier alpha value is -7.43. The van der Waals surface area contributed by atoms with E-state index in [1.54, 1.807) is 0 Å². The normalized spacial score (nSPS) is 11.6. The number of hydrogen-bond acceptors (Lipinski definition) is 4. The van der Waals surface area contributed by atoms with Gasteiger partial charge in [-0.05, 0) is 61.1 Å². The maximum absolute atomic E-state index is 6.83. The highest BCUT2D eigenvalue weighted by Crippen LogP contribution is 2.43. The monoisotopic (exact) mass is 701 g/mol. The van der Waals surface area contributed by atoms with Gasteiger partial charge in [-0.3, -0.25) is 0 Å². The van der Waals surface area contributed by atoms with Gasteiger partial charge >= 0.3 is 0 Å². The van der Waals surface area contributed by atoms with Gasteiger partial charge in [0.2, 0.25) is 0 Å². The molecule has 0 radical (unpaired) electrons. The molecule has 0 unspecified atom stereocenters. The fourth-order valence-electron chi connectivity index (χ4n) is 8.22. The molecular weight excluding hydrogens is 671 g/mol. The number of nitrogens with zero attached hydrogens (tertiary/aromatic N) is 3. The van der Waals surface area contributed by atoms with Crippen molar-refractivity contribution in [3.8, 4) is 56.4 Å². The molecule has 11 aromatic rings. The van der Waals surface area contributed by atoms with Crippen LogP contribution in [-0.4, -0.2) is 15.0 Å². The molecule has 11 rings (SSSR count). The lowest BCUT2D eigenvalue weighted by molar-refractivity contribution is 0.670. The summed E-state index contributed by atoms with van der Waals surface area (Å²) in [6.07, 6.45) is 0. The molecule has 0 aliphatic heterocycles. The number of rotatable bonds is 5. The molecular formula is C51H31N3O. The number of hydrogen-bond donors (Lipinski definition) is 0. The number of para-hydroxylation sites is 1. The predicted molar refractivity (Wildman–Crippen MR) is 227 cm³/mol. The van der Waals surface area contributed by atoms with Crippen molar-refractivity contribution in [2.45, 2.75) is 0 Å². The van der Waals surface area contributed by atoms with E-state index in [4.69, 9.17) is 19.4 Å². The Labute approximate surface area is 317 Å². The first-order valence-electron chi connectivity index (χ1n) is 18.5. The van der Waals surface area contributed by atoms with Crippen molar-refractivity contribution in [2.24, 2.45) is 0 Å². The first kappa shape index (κ1) is 31.1. The lowest BCUT2D eigenvalue weighted by Gasteiger charge is -2.13. The number of furan rings is 1. The highest BCUT2D eigenvalue weighted by atomic mass is 16.3. The maximum atomic E-state index is 6.83. The molecule has 2 heterocycles. The summed E-state index contributed by atoms with van der Waals surface area (Å²) < 4.78 is 6.83. The van der Waals surface area contributed by atoms with Crippen molar-refractivity contribution in [1.82, 2.24) is 15.0 Å². The van der Waals surface area contributed by atoms with Gasteiger partial charge in [-0.2, -0.15) is 0 Å². The molecule has 0 aliphatic carbocycles. The second-order valence-corrected chi connectivity index (χ2v) is 13.9. The third-order valence-corrected chi connectivity index (χ3v) is 10.7. The molecule has 4 nitrogen and oxygen atoms in total. The van der Waals surface area contributed by atoms with E-state index in [0.29, 0.717) is 17.5 Å². The van der Waals surface area contributed by atoms with Gasteiger partial charge in [0.1, 0.15) is 11.2 Å². The molecule has 9 aromatic carbocycles. The second-order valence-electron chi connectivity index (χ2n) is 13.9. The van der Waals surface area contributed by atoms with E-state index in [-0.39, 0.29) is 0 Å². The van der Waals surface area contributed by atoms with Crippen molar-refractivity contribution >= 4 is 54.3 Å². The summed E-state index contributed by atoms with van der Waals surface area (Å²) in [6.45, 7) is 0. The largest absolute Gasteiger partial charge is 0.455 e. The summed E-state index contributed by atoms with van der Waals surface area (Å²) in [5, 5.41) is 8.97. The van der Waals surface area contributed by atoms with Gasteiger partial charge in [-0.25, -0.2) is 15.0 Å². The molecule has 2 aromatic heterocycles. The summed E-state index contributed by atoms with van der Waals surface area (Å²) in [4.78, 5) is 15.6. The van der Waals surface area contributed by atoms with Crippen molar-refractivity contribution in [3.05, 3.63) is 188 Å². The Balaban J connectivity index is 1.15. The van der Waals surface area contributed by atoms with Crippen LogP contribution in [0.5, 0.6) is 0 Å². The van der Waals surface area contributed by atoms with Crippen LogP contribution in [0.2, 0.25) is 0 Å². The summed E-state index contributed by atoms with van der Waals surface area (Å²) in [5.41, 5.74) is 8.96. The van der Waals surface area contributed by atoms with Crippen LogP contribution in [-0.2, 0) is 0 Å². The number of benzene rings is 9. The number of aromatic nitrogens is 3. The minimum atomic E-state index is 0.595. The quantitative estimate of drug-likeness (QED) is 0.168. The van der Waals surface area contributed by atoms with Gasteiger partial charge in [0.05, 0.1) is 0 Å². The van der Waals surface area contributed by atoms with Gasteiger partial charge in [0.15, 0.2) is 17.5 Å². The summed E-state index contributed by atoms with van der Waals surface area (Å²) in [5.74, 6) is 1.84. The van der Waals surface area contributed by atoms with Crippen LogP contribution in [0.15, 0.2) is 192 Å². The Morgan fingerprint density at radius 2 is 0.836 bits per heavy atom. The fourth-order valence-corrected chi connectivity index (χ4v) is 8.22. The Morgan fingerprint density at radius 1 is 0.309 bits per heavy atom.